The summed E-state index contributed by atoms with van der Waals surface area (Å²) >= 11 is 1.65. The molecule has 3 aromatic rings. The van der Waals surface area contributed by atoms with Crippen molar-refractivity contribution < 1.29 is 14.3 Å². The van der Waals surface area contributed by atoms with Crippen LogP contribution in [0.4, 0.5) is 10.5 Å². The minimum absolute atomic E-state index is 0.106. The molecule has 1 aliphatic heterocycles. The number of urea groups is 1. The van der Waals surface area contributed by atoms with Crippen LogP contribution in [0.1, 0.15) is 22.0 Å². The normalized spacial score (nSPS) is 15.6. The van der Waals surface area contributed by atoms with Crippen molar-refractivity contribution in [2.45, 2.75) is 12.5 Å². The van der Waals surface area contributed by atoms with E-state index in [1.165, 1.54) is 5.56 Å². The second-order valence-corrected chi connectivity index (χ2v) is 7.54. The van der Waals surface area contributed by atoms with Crippen LogP contribution >= 0.6 is 11.3 Å². The SMILES string of the molecule is COc1cc2c(cc1OC)C(c1cccs1)N(C(=O)Nc1ccccc1)CC2. The largest absolute Gasteiger partial charge is 0.493 e. The van der Waals surface area contributed by atoms with E-state index in [-0.39, 0.29) is 12.1 Å². The van der Waals surface area contributed by atoms with Gasteiger partial charge in [0.05, 0.1) is 20.3 Å². The fourth-order valence-corrected chi connectivity index (χ4v) is 4.49. The molecule has 0 saturated carbocycles. The van der Waals surface area contributed by atoms with Crippen LogP contribution in [0.15, 0.2) is 60.0 Å². The molecule has 28 heavy (non-hydrogen) atoms. The van der Waals surface area contributed by atoms with Gasteiger partial charge in [0, 0.05) is 17.1 Å². The first-order chi connectivity index (χ1) is 13.7. The summed E-state index contributed by atoms with van der Waals surface area (Å²) in [7, 11) is 3.27. The van der Waals surface area contributed by atoms with E-state index >= 15 is 0 Å². The highest BCUT2D eigenvalue weighted by Gasteiger charge is 2.34. The van der Waals surface area contributed by atoms with Gasteiger partial charge < -0.3 is 19.7 Å². The third kappa shape index (κ3) is 3.43. The maximum atomic E-state index is 13.1. The predicted molar refractivity (Wildman–Crippen MR) is 112 cm³/mol. The van der Waals surface area contributed by atoms with Gasteiger partial charge in [-0.1, -0.05) is 24.3 Å². The molecule has 1 unspecified atom stereocenters. The van der Waals surface area contributed by atoms with E-state index in [0.29, 0.717) is 18.0 Å². The Kier molecular flexibility index (Phi) is 5.21. The molecule has 2 heterocycles. The van der Waals surface area contributed by atoms with E-state index < -0.39 is 0 Å². The Morgan fingerprint density at radius 3 is 2.50 bits per heavy atom. The number of hydrogen-bond donors (Lipinski definition) is 1. The summed E-state index contributed by atoms with van der Waals surface area (Å²) in [5, 5.41) is 5.06. The molecule has 1 aliphatic rings. The molecule has 4 rings (SSSR count). The number of fused-ring (bicyclic) bond motifs is 1. The second-order valence-electron chi connectivity index (χ2n) is 6.56. The topological polar surface area (TPSA) is 50.8 Å². The minimum Gasteiger partial charge on any atom is -0.493 e. The minimum atomic E-state index is -0.160. The van der Waals surface area contributed by atoms with Gasteiger partial charge in [-0.3, -0.25) is 0 Å². The van der Waals surface area contributed by atoms with Crippen molar-refractivity contribution >= 4 is 23.1 Å². The molecule has 144 valence electrons. The third-order valence-corrected chi connectivity index (χ3v) is 5.90. The van der Waals surface area contributed by atoms with E-state index in [2.05, 4.69) is 11.4 Å². The number of anilines is 1. The first-order valence-corrected chi connectivity index (χ1v) is 10.00. The van der Waals surface area contributed by atoms with Gasteiger partial charge in [-0.2, -0.15) is 0 Å². The van der Waals surface area contributed by atoms with Crippen LogP contribution in [0.2, 0.25) is 0 Å². The standard InChI is InChI=1S/C22H22N2O3S/c1-26-18-13-15-10-11-24(22(25)23-16-7-4-3-5-8-16)21(20-9-6-12-28-20)17(15)14-19(18)27-2/h3-9,12-14,21H,10-11H2,1-2H3,(H,23,25). The number of benzene rings is 2. The molecule has 6 heteroatoms. The summed E-state index contributed by atoms with van der Waals surface area (Å²) in [6.45, 7) is 0.629. The summed E-state index contributed by atoms with van der Waals surface area (Å²) in [6, 6.07) is 17.4. The van der Waals surface area contributed by atoms with Gasteiger partial charge in [0.15, 0.2) is 11.5 Å². The number of thiophene rings is 1. The molecule has 1 atom stereocenters. The second kappa shape index (κ2) is 7.94. The monoisotopic (exact) mass is 394 g/mol. The van der Waals surface area contributed by atoms with Crippen LogP contribution in [-0.2, 0) is 6.42 Å². The summed E-state index contributed by atoms with van der Waals surface area (Å²) in [6.07, 6.45) is 0.764. The van der Waals surface area contributed by atoms with E-state index in [9.17, 15) is 4.79 Å². The summed E-state index contributed by atoms with van der Waals surface area (Å²) < 4.78 is 11.0. The molecule has 0 spiro atoms. The number of nitrogens with one attached hydrogen (secondary N) is 1. The number of carbonyl (C=O) groups is 1. The zero-order valence-corrected chi connectivity index (χ0v) is 16.7. The highest BCUT2D eigenvalue weighted by molar-refractivity contribution is 7.10. The zero-order valence-electron chi connectivity index (χ0n) is 15.8. The highest BCUT2D eigenvalue weighted by Crippen LogP contribution is 2.42. The number of hydrogen-bond acceptors (Lipinski definition) is 4. The zero-order chi connectivity index (χ0) is 19.5. The van der Waals surface area contributed by atoms with Crippen LogP contribution in [0.3, 0.4) is 0 Å². The Morgan fingerprint density at radius 2 is 1.82 bits per heavy atom. The van der Waals surface area contributed by atoms with E-state index in [0.717, 1.165) is 22.5 Å². The molecule has 0 saturated heterocycles. The molecule has 5 nitrogen and oxygen atoms in total. The van der Waals surface area contributed by atoms with Crippen molar-refractivity contribution in [2.24, 2.45) is 0 Å². The third-order valence-electron chi connectivity index (χ3n) is 4.97. The van der Waals surface area contributed by atoms with Crippen molar-refractivity contribution in [3.63, 3.8) is 0 Å². The summed E-state index contributed by atoms with van der Waals surface area (Å²) in [5.41, 5.74) is 3.05. The van der Waals surface area contributed by atoms with Crippen molar-refractivity contribution in [3.05, 3.63) is 76.0 Å². The van der Waals surface area contributed by atoms with Crippen LogP contribution in [0, 0.1) is 0 Å². The van der Waals surface area contributed by atoms with Crippen LogP contribution in [0.25, 0.3) is 0 Å². The van der Waals surface area contributed by atoms with E-state index in [4.69, 9.17) is 9.47 Å². The molecular formula is C22H22N2O3S. The average Bonchev–Trinajstić information content (AvgIpc) is 3.26. The van der Waals surface area contributed by atoms with Gasteiger partial charge in [0.25, 0.3) is 0 Å². The lowest BCUT2D eigenvalue weighted by Gasteiger charge is -2.37. The molecule has 0 radical (unpaired) electrons. The number of rotatable bonds is 4. The number of para-hydroxylation sites is 1. The lowest BCUT2D eigenvalue weighted by atomic mass is 9.91. The lowest BCUT2D eigenvalue weighted by Crippen LogP contribution is -2.42. The van der Waals surface area contributed by atoms with Gasteiger partial charge in [-0.05, 0) is 53.3 Å². The number of amides is 2. The maximum absolute atomic E-state index is 13.1. The first kappa shape index (κ1) is 18.4. The van der Waals surface area contributed by atoms with Crippen LogP contribution in [0.5, 0.6) is 11.5 Å². The Morgan fingerprint density at radius 1 is 1.07 bits per heavy atom. The van der Waals surface area contributed by atoms with Gasteiger partial charge in [-0.15, -0.1) is 11.3 Å². The van der Waals surface area contributed by atoms with E-state index in [1.807, 2.05) is 58.8 Å². The Labute approximate surface area is 168 Å². The van der Waals surface area contributed by atoms with Gasteiger partial charge >= 0.3 is 6.03 Å². The molecular weight excluding hydrogens is 372 g/mol. The Hall–Kier alpha value is -2.99. The molecule has 0 fully saturated rings. The van der Waals surface area contributed by atoms with Crippen molar-refractivity contribution in [3.8, 4) is 11.5 Å². The van der Waals surface area contributed by atoms with Gasteiger partial charge in [0.2, 0.25) is 0 Å². The molecule has 2 aromatic carbocycles. The fraction of sp³-hybridized carbons (Fsp3) is 0.227. The molecule has 0 aliphatic carbocycles. The summed E-state index contributed by atoms with van der Waals surface area (Å²) in [4.78, 5) is 16.1. The maximum Gasteiger partial charge on any atom is 0.322 e. The van der Waals surface area contributed by atoms with Crippen molar-refractivity contribution in [1.29, 1.82) is 0 Å². The average molecular weight is 394 g/mol. The Balaban J connectivity index is 1.73. The van der Waals surface area contributed by atoms with Gasteiger partial charge in [-0.25, -0.2) is 4.79 Å². The first-order valence-electron chi connectivity index (χ1n) is 9.12. The number of carbonyl (C=O) groups excluding carboxylic acids is 1. The predicted octanol–water partition coefficient (Wildman–Crippen LogP) is 4.94. The number of ether oxygens (including phenoxy) is 2. The highest BCUT2D eigenvalue weighted by atomic mass is 32.1. The smallest absolute Gasteiger partial charge is 0.322 e. The number of methoxy groups -OCH3 is 2. The molecule has 1 aromatic heterocycles. The Bertz CT molecular complexity index is 957. The summed E-state index contributed by atoms with van der Waals surface area (Å²) in [5.74, 6) is 1.39. The van der Waals surface area contributed by atoms with E-state index in [1.54, 1.807) is 25.6 Å². The van der Waals surface area contributed by atoms with Gasteiger partial charge in [0.1, 0.15) is 0 Å². The van der Waals surface area contributed by atoms with Crippen molar-refractivity contribution in [1.82, 2.24) is 4.90 Å². The molecule has 1 N–H and O–H groups in total. The van der Waals surface area contributed by atoms with Crippen LogP contribution in [-0.4, -0.2) is 31.7 Å². The van der Waals surface area contributed by atoms with Crippen molar-refractivity contribution in [2.75, 3.05) is 26.1 Å². The quantitative estimate of drug-likeness (QED) is 0.682. The number of nitrogens with zero attached hydrogens (tertiary/aromatic N) is 1. The lowest BCUT2D eigenvalue weighted by molar-refractivity contribution is 0.194. The fourth-order valence-electron chi connectivity index (χ4n) is 3.64. The molecule has 2 amide bonds. The van der Waals surface area contributed by atoms with Crippen LogP contribution < -0.4 is 14.8 Å². The molecule has 0 bridgehead atoms.